The van der Waals surface area contributed by atoms with E-state index in [0.717, 1.165) is 88.1 Å². The fraction of sp³-hybridized carbons (Fsp3) is 1.00. The molecular formula is C97H200F2O6. The Hall–Kier alpha value is -0.380. The van der Waals surface area contributed by atoms with Gasteiger partial charge in [0, 0.05) is 39.6 Å². The predicted molar refractivity (Wildman–Crippen MR) is 464 cm³/mol. The van der Waals surface area contributed by atoms with Gasteiger partial charge in [-0.1, -0.05) is 296 Å². The summed E-state index contributed by atoms with van der Waals surface area (Å²) in [4.78, 5) is 0. The Bertz CT molecular complexity index is 2070. The summed E-state index contributed by atoms with van der Waals surface area (Å²) in [6, 6.07) is 0. The van der Waals surface area contributed by atoms with E-state index in [1.54, 1.807) is 27.9 Å². The van der Waals surface area contributed by atoms with Crippen molar-refractivity contribution in [1.29, 1.82) is 0 Å². The van der Waals surface area contributed by atoms with Gasteiger partial charge in [0.2, 0.25) is 6.43 Å². The van der Waals surface area contributed by atoms with Crippen molar-refractivity contribution in [3.05, 3.63) is 0 Å². The van der Waals surface area contributed by atoms with Crippen LogP contribution in [0.25, 0.3) is 0 Å². The van der Waals surface area contributed by atoms with Crippen LogP contribution >= 0.6 is 0 Å². The van der Waals surface area contributed by atoms with Crippen molar-refractivity contribution < 1.29 is 37.6 Å². The summed E-state index contributed by atoms with van der Waals surface area (Å²) in [5.74, 6) is 4.58. The number of fused-ring (bicyclic) bond motifs is 2. The van der Waals surface area contributed by atoms with E-state index in [0.29, 0.717) is 71.8 Å². The lowest BCUT2D eigenvalue weighted by Crippen LogP contribution is -2.35. The van der Waals surface area contributed by atoms with E-state index in [2.05, 4.69) is 235 Å². The summed E-state index contributed by atoms with van der Waals surface area (Å²) in [7, 11) is 1.77. The van der Waals surface area contributed by atoms with Crippen LogP contribution in [0.5, 0.6) is 0 Å². The van der Waals surface area contributed by atoms with Crippen LogP contribution in [0.4, 0.5) is 8.78 Å². The molecule has 1 N–H and O–H groups in total. The van der Waals surface area contributed by atoms with E-state index < -0.39 is 6.43 Å². The second kappa shape index (κ2) is 47.5. The molecule has 4 aliphatic carbocycles. The zero-order valence-corrected chi connectivity index (χ0v) is 77.7. The van der Waals surface area contributed by atoms with Crippen molar-refractivity contribution in [2.75, 3.05) is 33.5 Å². The third-order valence-corrected chi connectivity index (χ3v) is 20.5. The number of aliphatic hydroxyl groups is 1. The largest absolute Gasteiger partial charge is 0.390 e. The van der Waals surface area contributed by atoms with Crippen LogP contribution < -0.4 is 0 Å². The van der Waals surface area contributed by atoms with Crippen LogP contribution in [-0.4, -0.2) is 74.3 Å². The molecule has 8 rings (SSSR count). The SMILES string of the molecule is C.C.CC(C)(C)CC(C)(C)C.CC(C)(C)CC(F)F.CC(C)(C)CC1(C)CCOCC1.CC(C)(C)CC1CC1.CC(C)(C)CC1CC2CCC1O2.CC(C)(C)CC1CCC(C)(O)CC1.CC(C)(C)CC1CCC1.CC(C)(C)CC1CCC2(CC1)OCCO2.CCCC(C)(C)C.COC(C)(C)CC(C)(C)C. The van der Waals surface area contributed by atoms with E-state index in [1.165, 1.54) is 148 Å². The number of halogens is 2. The summed E-state index contributed by atoms with van der Waals surface area (Å²) in [6.07, 6.45) is 35.4. The number of rotatable bonds is 10. The highest BCUT2D eigenvalue weighted by Gasteiger charge is 2.43. The fourth-order valence-corrected chi connectivity index (χ4v) is 17.3. The fourth-order valence-electron chi connectivity index (χ4n) is 17.3. The van der Waals surface area contributed by atoms with E-state index in [-0.39, 0.29) is 43.7 Å². The molecule has 1 spiro atoms. The van der Waals surface area contributed by atoms with Crippen LogP contribution in [0.2, 0.25) is 0 Å². The molecule has 0 amide bonds. The Balaban J connectivity index is -0.000000543. The zero-order valence-electron chi connectivity index (χ0n) is 77.7. The maximum Gasteiger partial charge on any atom is 0.239 e. The van der Waals surface area contributed by atoms with Gasteiger partial charge in [0.1, 0.15) is 0 Å². The molecule has 6 nitrogen and oxygen atoms in total. The minimum absolute atomic E-state index is 0. The number of methoxy groups -OCH3 is 1. The molecule has 0 aromatic rings. The summed E-state index contributed by atoms with van der Waals surface area (Å²) in [5.41, 5.74) is 4.87. The van der Waals surface area contributed by atoms with Crippen LogP contribution in [0.3, 0.4) is 0 Å². The molecule has 0 aromatic carbocycles. The van der Waals surface area contributed by atoms with E-state index in [9.17, 15) is 13.9 Å². The minimum Gasteiger partial charge on any atom is -0.390 e. The summed E-state index contributed by atoms with van der Waals surface area (Å²) in [6.45, 7) is 88.9. The average molecular weight is 1500 g/mol. The van der Waals surface area contributed by atoms with Crippen LogP contribution in [0.15, 0.2) is 0 Å². The highest BCUT2D eigenvalue weighted by molar-refractivity contribution is 4.92. The van der Waals surface area contributed by atoms with Gasteiger partial charge in [-0.25, -0.2) is 8.78 Å². The standard InChI is InChI=1S/C13H24O2.C12H24O.C11H20O.C11H22O.C9H20O.C9H18.C9H20.C8H16.C7H16.C6H12F2.2CH4/c1-12(2,3)10-11-4-6-13(7-5-11)14-8-9-15-13;1-11(2,3)9-10-5-7-12(4,13)8-6-10;1-11(2,3)7-8-6-9-4-5-10(8)12-9;1-10(2,3)9-11(4)5-7-12-8-6-11;1-8(2,3)7-9(4,5)10-6;1-9(2,3)7-8-5-4-6-8;1-8(2,3)7-9(4,5)6;1-8(2,3)6-7-4-5-7;1-5-6-7(2,3)4;1-6(2,3)4-5(7)8;;/h11H,4-10H2,1-3H3;10,13H,5-9H2,1-4H3;8-10H,4-7H2,1-3H3;5-9H2,1-4H3;7H2,1-6H3;8H,4-7H2,1-3H3;7H2,1-6H3;7H,4-6H2,1-3H3;5-6H2,1-4H3;5H,4H2,1-3H3;2*1H4. The summed E-state index contributed by atoms with van der Waals surface area (Å²) >= 11 is 0. The van der Waals surface area contributed by atoms with Crippen molar-refractivity contribution in [2.24, 2.45) is 94.6 Å². The molecule has 638 valence electrons. The molecule has 4 saturated heterocycles. The van der Waals surface area contributed by atoms with Crippen LogP contribution in [0.1, 0.15) is 464 Å². The molecule has 4 heterocycles. The summed E-state index contributed by atoms with van der Waals surface area (Å²) in [5, 5.41) is 9.79. The third kappa shape index (κ3) is 70.0. The molecule has 0 radical (unpaired) electrons. The molecule has 8 aliphatic rings. The first-order valence-electron chi connectivity index (χ1n) is 42.9. The molecule has 4 saturated carbocycles. The molecule has 3 atom stereocenters. The van der Waals surface area contributed by atoms with Crippen molar-refractivity contribution >= 4 is 0 Å². The molecule has 4 aliphatic heterocycles. The molecular weight excluding hydrogens is 1300 g/mol. The van der Waals surface area contributed by atoms with Gasteiger partial charge in [-0.15, -0.1) is 0 Å². The molecule has 8 heteroatoms. The van der Waals surface area contributed by atoms with Crippen LogP contribution in [-0.2, 0) is 23.7 Å². The van der Waals surface area contributed by atoms with Crippen molar-refractivity contribution in [1.82, 2.24) is 0 Å². The lowest BCUT2D eigenvalue weighted by atomic mass is 9.71. The maximum absolute atomic E-state index is 11.5. The molecule has 0 aromatic heterocycles. The second-order valence-electron chi connectivity index (χ2n) is 49.1. The minimum atomic E-state index is -2.16. The topological polar surface area (TPSA) is 66.4 Å². The van der Waals surface area contributed by atoms with Crippen LogP contribution in [0, 0.1) is 94.6 Å². The Morgan fingerprint density at radius 1 is 0.410 bits per heavy atom. The Morgan fingerprint density at radius 2 is 0.771 bits per heavy atom. The first-order valence-corrected chi connectivity index (χ1v) is 42.9. The number of ether oxygens (including phenoxy) is 5. The van der Waals surface area contributed by atoms with Gasteiger partial charge in [-0.3, -0.25) is 0 Å². The van der Waals surface area contributed by atoms with E-state index >= 15 is 0 Å². The molecule has 105 heavy (non-hydrogen) atoms. The van der Waals surface area contributed by atoms with Gasteiger partial charge in [-0.2, -0.15) is 0 Å². The van der Waals surface area contributed by atoms with Gasteiger partial charge in [0.15, 0.2) is 5.79 Å². The molecule has 3 unspecified atom stereocenters. The first kappa shape index (κ1) is 111. The molecule has 2 bridgehead atoms. The lowest BCUT2D eigenvalue weighted by molar-refractivity contribution is -0.183. The summed E-state index contributed by atoms with van der Waals surface area (Å²) < 4.78 is 51.1. The van der Waals surface area contributed by atoms with Crippen molar-refractivity contribution in [3.63, 3.8) is 0 Å². The van der Waals surface area contributed by atoms with E-state index in [4.69, 9.17) is 23.7 Å². The quantitative estimate of drug-likeness (QED) is 0.235. The van der Waals surface area contributed by atoms with Gasteiger partial charge in [0.05, 0.1) is 36.6 Å². The lowest BCUT2D eigenvalue weighted by Gasteiger charge is -2.38. The zero-order chi connectivity index (χ0) is 81.0. The smallest absolute Gasteiger partial charge is 0.239 e. The Morgan fingerprint density at radius 3 is 0.971 bits per heavy atom. The highest BCUT2D eigenvalue weighted by atomic mass is 19.3. The molecule has 8 fully saturated rings. The number of hydrogen-bond donors (Lipinski definition) is 1. The Kier molecular flexibility index (Phi) is 50.2. The second-order valence-corrected chi connectivity index (χ2v) is 49.1. The number of alkyl halides is 2. The van der Waals surface area contributed by atoms with E-state index in [1.807, 2.05) is 6.92 Å². The van der Waals surface area contributed by atoms with Gasteiger partial charge < -0.3 is 28.8 Å². The third-order valence-electron chi connectivity index (χ3n) is 20.5. The van der Waals surface area contributed by atoms with Gasteiger partial charge in [0.25, 0.3) is 0 Å². The average Bonchev–Trinajstić information content (AvgIpc) is 1.71. The maximum atomic E-state index is 11.5. The normalized spacial score (nSPS) is 23.6. The van der Waals surface area contributed by atoms with Crippen molar-refractivity contribution in [3.8, 4) is 0 Å². The highest BCUT2D eigenvalue weighted by Crippen LogP contribution is 2.46. The first-order chi connectivity index (χ1) is 45.8. The number of hydrogen-bond acceptors (Lipinski definition) is 6. The Labute approximate surface area is 661 Å². The van der Waals surface area contributed by atoms with Crippen molar-refractivity contribution in [2.45, 2.75) is 500 Å². The van der Waals surface area contributed by atoms with Gasteiger partial charge in [-0.05, 0) is 244 Å². The predicted octanol–water partition coefficient (Wildman–Crippen LogP) is 32.1. The van der Waals surface area contributed by atoms with Gasteiger partial charge >= 0.3 is 0 Å². The monoisotopic (exact) mass is 1500 g/mol.